The van der Waals surface area contributed by atoms with Crippen molar-refractivity contribution in [3.63, 3.8) is 0 Å². The van der Waals surface area contributed by atoms with Crippen molar-refractivity contribution < 1.29 is 4.74 Å². The van der Waals surface area contributed by atoms with Crippen molar-refractivity contribution in [2.24, 2.45) is 0 Å². The quantitative estimate of drug-likeness (QED) is 0.569. The molecule has 0 saturated carbocycles. The van der Waals surface area contributed by atoms with Crippen LogP contribution < -0.4 is 0 Å². The first-order valence-electron chi connectivity index (χ1n) is 4.61. The Morgan fingerprint density at radius 1 is 1.00 bits per heavy atom. The van der Waals surface area contributed by atoms with Gasteiger partial charge in [0.05, 0.1) is 6.61 Å². The highest BCUT2D eigenvalue weighted by Crippen LogP contribution is 2.15. The normalized spacial score (nSPS) is 17.7. The summed E-state index contributed by atoms with van der Waals surface area (Å²) in [5, 5.41) is 0. The van der Waals surface area contributed by atoms with Crippen molar-refractivity contribution >= 4 is 0 Å². The number of hydrogen-bond acceptors (Lipinski definition) is 1. The smallest absolute Gasteiger partial charge is 0.0719 e. The lowest BCUT2D eigenvalue weighted by atomic mass is 10.0. The molecule has 1 heteroatoms. The highest BCUT2D eigenvalue weighted by Gasteiger charge is 2.04. The first-order chi connectivity index (χ1) is 5.97. The molecule has 0 bridgehead atoms. The maximum absolute atomic E-state index is 5.50. The van der Waals surface area contributed by atoms with E-state index in [0.717, 1.165) is 13.2 Å². The van der Waals surface area contributed by atoms with Gasteiger partial charge in [-0.25, -0.2) is 0 Å². The maximum Gasteiger partial charge on any atom is 0.0719 e. The number of rotatable bonds is 0. The average Bonchev–Trinajstić information content (AvgIpc) is 2.06. The molecule has 1 aliphatic heterocycles. The van der Waals surface area contributed by atoms with E-state index in [1.54, 1.807) is 0 Å². The summed E-state index contributed by atoms with van der Waals surface area (Å²) in [6, 6.07) is 8.58. The zero-order chi connectivity index (χ0) is 8.23. The van der Waals surface area contributed by atoms with E-state index in [1.807, 2.05) is 0 Å². The van der Waals surface area contributed by atoms with Crippen molar-refractivity contribution in [2.75, 3.05) is 6.61 Å². The standard InChI is InChI=1S/C11H14O/c1-2-7-11-9-12-8-4-3-6-10(11)5-1/h1-2,5,7H,3-4,6,8-9H2. The van der Waals surface area contributed by atoms with Crippen LogP contribution in [-0.2, 0) is 17.8 Å². The molecule has 0 N–H and O–H groups in total. The third-order valence-corrected chi connectivity index (χ3v) is 2.36. The van der Waals surface area contributed by atoms with Gasteiger partial charge in [0.25, 0.3) is 0 Å². The summed E-state index contributed by atoms with van der Waals surface area (Å²) in [6.07, 6.45) is 3.69. The molecule has 2 rings (SSSR count). The van der Waals surface area contributed by atoms with Gasteiger partial charge in [0.15, 0.2) is 0 Å². The summed E-state index contributed by atoms with van der Waals surface area (Å²) in [5.74, 6) is 0. The Morgan fingerprint density at radius 3 is 2.75 bits per heavy atom. The monoisotopic (exact) mass is 162 g/mol. The molecule has 0 fully saturated rings. The van der Waals surface area contributed by atoms with E-state index in [0.29, 0.717) is 0 Å². The second-order valence-electron chi connectivity index (χ2n) is 3.28. The summed E-state index contributed by atoms with van der Waals surface area (Å²) in [6.45, 7) is 1.73. The molecule has 0 aromatic heterocycles. The minimum atomic E-state index is 0.802. The van der Waals surface area contributed by atoms with Gasteiger partial charge in [0.2, 0.25) is 0 Å². The Hall–Kier alpha value is -0.820. The lowest BCUT2D eigenvalue weighted by molar-refractivity contribution is 0.113. The highest BCUT2D eigenvalue weighted by atomic mass is 16.5. The van der Waals surface area contributed by atoms with E-state index >= 15 is 0 Å². The largest absolute Gasteiger partial charge is 0.377 e. The predicted octanol–water partition coefficient (Wildman–Crippen LogP) is 2.54. The van der Waals surface area contributed by atoms with Gasteiger partial charge < -0.3 is 4.74 Å². The van der Waals surface area contributed by atoms with Crippen LogP contribution in [0.5, 0.6) is 0 Å². The minimum Gasteiger partial charge on any atom is -0.377 e. The average molecular weight is 162 g/mol. The van der Waals surface area contributed by atoms with Crippen LogP contribution in [0.1, 0.15) is 24.0 Å². The molecule has 64 valence electrons. The Morgan fingerprint density at radius 2 is 1.83 bits per heavy atom. The van der Waals surface area contributed by atoms with Crippen LogP contribution >= 0.6 is 0 Å². The van der Waals surface area contributed by atoms with Crippen LogP contribution in [0.15, 0.2) is 24.3 Å². The first kappa shape index (κ1) is 7.81. The molecule has 0 radical (unpaired) electrons. The third-order valence-electron chi connectivity index (χ3n) is 2.36. The molecule has 0 atom stereocenters. The van der Waals surface area contributed by atoms with Gasteiger partial charge in [-0.3, -0.25) is 0 Å². The molecule has 1 nitrogen and oxygen atoms in total. The molecule has 0 spiro atoms. The van der Waals surface area contributed by atoms with Crippen molar-refractivity contribution in [1.29, 1.82) is 0 Å². The fourth-order valence-corrected chi connectivity index (χ4v) is 1.64. The van der Waals surface area contributed by atoms with Crippen molar-refractivity contribution in [1.82, 2.24) is 0 Å². The lowest BCUT2D eigenvalue weighted by Gasteiger charge is -2.13. The van der Waals surface area contributed by atoms with Gasteiger partial charge in [-0.1, -0.05) is 24.3 Å². The van der Waals surface area contributed by atoms with Crippen molar-refractivity contribution in [3.8, 4) is 0 Å². The molecule has 1 aromatic rings. The van der Waals surface area contributed by atoms with E-state index in [9.17, 15) is 0 Å². The van der Waals surface area contributed by atoms with E-state index in [-0.39, 0.29) is 0 Å². The molecule has 12 heavy (non-hydrogen) atoms. The van der Waals surface area contributed by atoms with Gasteiger partial charge in [-0.05, 0) is 30.4 Å². The summed E-state index contributed by atoms with van der Waals surface area (Å²) in [4.78, 5) is 0. The zero-order valence-corrected chi connectivity index (χ0v) is 7.25. The Bertz CT molecular complexity index is 228. The minimum absolute atomic E-state index is 0.802. The second kappa shape index (κ2) is 3.72. The maximum atomic E-state index is 5.50. The molecule has 0 unspecified atom stereocenters. The molecule has 0 aliphatic carbocycles. The van der Waals surface area contributed by atoms with Crippen LogP contribution in [0.4, 0.5) is 0 Å². The van der Waals surface area contributed by atoms with Crippen molar-refractivity contribution in [3.05, 3.63) is 35.4 Å². The Labute approximate surface area is 73.4 Å². The van der Waals surface area contributed by atoms with Crippen LogP contribution in [0.3, 0.4) is 0 Å². The zero-order valence-electron chi connectivity index (χ0n) is 7.25. The number of aryl methyl sites for hydroxylation is 1. The van der Waals surface area contributed by atoms with Crippen LogP contribution in [0.25, 0.3) is 0 Å². The molecule has 1 aliphatic rings. The number of ether oxygens (including phenoxy) is 1. The van der Waals surface area contributed by atoms with E-state index in [1.165, 1.54) is 30.4 Å². The molecular weight excluding hydrogens is 148 g/mol. The van der Waals surface area contributed by atoms with Crippen LogP contribution in [0.2, 0.25) is 0 Å². The lowest BCUT2D eigenvalue weighted by Crippen LogP contribution is -2.04. The van der Waals surface area contributed by atoms with Crippen LogP contribution in [-0.4, -0.2) is 6.61 Å². The SMILES string of the molecule is c1ccc2c(c1)CCCCOC2. The number of benzene rings is 1. The summed E-state index contributed by atoms with van der Waals surface area (Å²) in [5.41, 5.74) is 2.84. The molecule has 0 amide bonds. The molecular formula is C11H14O. The highest BCUT2D eigenvalue weighted by molar-refractivity contribution is 5.26. The number of fused-ring (bicyclic) bond motifs is 1. The van der Waals surface area contributed by atoms with E-state index < -0.39 is 0 Å². The fourth-order valence-electron chi connectivity index (χ4n) is 1.64. The second-order valence-corrected chi connectivity index (χ2v) is 3.28. The van der Waals surface area contributed by atoms with Gasteiger partial charge >= 0.3 is 0 Å². The number of hydrogen-bond donors (Lipinski definition) is 0. The summed E-state index contributed by atoms with van der Waals surface area (Å²) >= 11 is 0. The van der Waals surface area contributed by atoms with Crippen molar-refractivity contribution in [2.45, 2.75) is 25.9 Å². The van der Waals surface area contributed by atoms with E-state index in [4.69, 9.17) is 4.74 Å². The van der Waals surface area contributed by atoms with Gasteiger partial charge in [0, 0.05) is 6.61 Å². The Kier molecular flexibility index (Phi) is 2.42. The van der Waals surface area contributed by atoms with E-state index in [2.05, 4.69) is 24.3 Å². The van der Waals surface area contributed by atoms with Gasteiger partial charge in [0.1, 0.15) is 0 Å². The molecule has 0 saturated heterocycles. The van der Waals surface area contributed by atoms with Gasteiger partial charge in [-0.15, -0.1) is 0 Å². The molecule has 1 aromatic carbocycles. The fraction of sp³-hybridized carbons (Fsp3) is 0.455. The molecule has 1 heterocycles. The summed E-state index contributed by atoms with van der Waals surface area (Å²) in [7, 11) is 0. The third kappa shape index (κ3) is 1.67. The van der Waals surface area contributed by atoms with Gasteiger partial charge in [-0.2, -0.15) is 0 Å². The summed E-state index contributed by atoms with van der Waals surface area (Å²) < 4.78 is 5.50. The topological polar surface area (TPSA) is 9.23 Å². The first-order valence-corrected chi connectivity index (χ1v) is 4.61. The predicted molar refractivity (Wildman–Crippen MR) is 49.0 cm³/mol. The van der Waals surface area contributed by atoms with Crippen LogP contribution in [0, 0.1) is 0 Å². The Balaban J connectivity index is 2.24.